The molecular weight excluding hydrogens is 300 g/mol. The van der Waals surface area contributed by atoms with Crippen LogP contribution >= 0.6 is 0 Å². The van der Waals surface area contributed by atoms with Gasteiger partial charge in [-0.2, -0.15) is 0 Å². The lowest BCUT2D eigenvalue weighted by molar-refractivity contribution is -0.121. The van der Waals surface area contributed by atoms with E-state index in [9.17, 15) is 4.79 Å². The van der Waals surface area contributed by atoms with E-state index in [4.69, 9.17) is 10.5 Å². The highest BCUT2D eigenvalue weighted by Gasteiger charge is 2.06. The summed E-state index contributed by atoms with van der Waals surface area (Å²) in [7, 11) is 0. The Labute approximate surface area is 144 Å². The molecule has 0 aliphatic carbocycles. The molecule has 0 atom stereocenters. The normalized spacial score (nSPS) is 10.5. The molecule has 2 aromatic rings. The van der Waals surface area contributed by atoms with Gasteiger partial charge >= 0.3 is 0 Å². The lowest BCUT2D eigenvalue weighted by atomic mass is 10.1. The number of nitrogens with one attached hydrogen (secondary N) is 1. The van der Waals surface area contributed by atoms with Crippen molar-refractivity contribution in [3.63, 3.8) is 0 Å². The molecule has 2 aromatic carbocycles. The number of aryl methyl sites for hydroxylation is 2. The van der Waals surface area contributed by atoms with Crippen LogP contribution in [0.1, 0.15) is 28.7 Å². The van der Waals surface area contributed by atoms with Gasteiger partial charge in [0.25, 0.3) is 0 Å². The third kappa shape index (κ3) is 5.30. The summed E-state index contributed by atoms with van der Waals surface area (Å²) in [5, 5.41) is 2.92. The molecule has 0 bridgehead atoms. The molecule has 0 aliphatic rings. The summed E-state index contributed by atoms with van der Waals surface area (Å²) in [6, 6.07) is 11.8. The van der Waals surface area contributed by atoms with E-state index in [0.717, 1.165) is 29.0 Å². The summed E-state index contributed by atoms with van der Waals surface area (Å²) in [4.78, 5) is 11.9. The van der Waals surface area contributed by atoms with Crippen molar-refractivity contribution in [3.8, 4) is 5.75 Å². The van der Waals surface area contributed by atoms with Crippen molar-refractivity contribution in [2.75, 3.05) is 18.9 Å². The molecule has 0 radical (unpaired) electrons. The number of carbonyl (C=O) groups excluding carboxylic acids is 1. The van der Waals surface area contributed by atoms with Gasteiger partial charge in [-0.05, 0) is 67.6 Å². The first-order valence-corrected chi connectivity index (χ1v) is 8.27. The van der Waals surface area contributed by atoms with E-state index in [1.165, 1.54) is 11.1 Å². The molecule has 0 unspecified atom stereocenters. The first kappa shape index (κ1) is 17.9. The second-order valence-electron chi connectivity index (χ2n) is 6.14. The van der Waals surface area contributed by atoms with Gasteiger partial charge in [0, 0.05) is 12.2 Å². The van der Waals surface area contributed by atoms with Gasteiger partial charge in [-0.1, -0.05) is 18.2 Å². The predicted molar refractivity (Wildman–Crippen MR) is 98.3 cm³/mol. The van der Waals surface area contributed by atoms with Crippen molar-refractivity contribution < 1.29 is 9.53 Å². The highest BCUT2D eigenvalue weighted by atomic mass is 16.5. The molecule has 0 heterocycles. The van der Waals surface area contributed by atoms with Crippen molar-refractivity contribution >= 4 is 11.6 Å². The molecule has 128 valence electrons. The Morgan fingerprint density at radius 2 is 1.83 bits per heavy atom. The van der Waals surface area contributed by atoms with Crippen LogP contribution in [0, 0.1) is 20.8 Å². The van der Waals surface area contributed by atoms with Crippen LogP contribution in [0.15, 0.2) is 36.4 Å². The van der Waals surface area contributed by atoms with Crippen molar-refractivity contribution in [1.29, 1.82) is 0 Å². The molecule has 4 heteroatoms. The van der Waals surface area contributed by atoms with Crippen LogP contribution in [-0.4, -0.2) is 19.1 Å². The summed E-state index contributed by atoms with van der Waals surface area (Å²) in [6.45, 7) is 7.15. The van der Waals surface area contributed by atoms with Crippen molar-refractivity contribution in [2.45, 2.75) is 33.6 Å². The summed E-state index contributed by atoms with van der Waals surface area (Å²) in [5.41, 5.74) is 11.1. The largest absolute Gasteiger partial charge is 0.493 e. The van der Waals surface area contributed by atoms with Gasteiger partial charge in [0.15, 0.2) is 0 Å². The molecule has 24 heavy (non-hydrogen) atoms. The van der Waals surface area contributed by atoms with Crippen LogP contribution < -0.4 is 15.8 Å². The van der Waals surface area contributed by atoms with Crippen LogP contribution in [0.3, 0.4) is 0 Å². The van der Waals surface area contributed by atoms with Crippen LogP contribution in [0.4, 0.5) is 5.69 Å². The summed E-state index contributed by atoms with van der Waals surface area (Å²) >= 11 is 0. The third-order valence-electron chi connectivity index (χ3n) is 4.07. The van der Waals surface area contributed by atoms with Crippen molar-refractivity contribution in [3.05, 3.63) is 58.7 Å². The van der Waals surface area contributed by atoms with Gasteiger partial charge < -0.3 is 15.8 Å². The molecule has 4 nitrogen and oxygen atoms in total. The van der Waals surface area contributed by atoms with Crippen molar-refractivity contribution in [2.24, 2.45) is 0 Å². The molecule has 0 spiro atoms. The number of benzene rings is 2. The molecule has 3 N–H and O–H groups in total. The van der Waals surface area contributed by atoms with E-state index in [0.29, 0.717) is 19.6 Å². The van der Waals surface area contributed by atoms with Crippen LogP contribution in [0.5, 0.6) is 5.75 Å². The van der Waals surface area contributed by atoms with E-state index < -0.39 is 0 Å². The van der Waals surface area contributed by atoms with E-state index in [2.05, 4.69) is 18.3 Å². The van der Waals surface area contributed by atoms with Crippen LogP contribution in [-0.2, 0) is 11.2 Å². The zero-order valence-corrected chi connectivity index (χ0v) is 14.7. The Balaban J connectivity index is 1.71. The Morgan fingerprint density at radius 3 is 2.54 bits per heavy atom. The van der Waals surface area contributed by atoms with E-state index >= 15 is 0 Å². The maximum Gasteiger partial charge on any atom is 0.223 e. The molecule has 2 rings (SSSR count). The fraction of sp³-hybridized carbons (Fsp3) is 0.350. The number of rotatable bonds is 7. The monoisotopic (exact) mass is 326 g/mol. The number of anilines is 1. The maximum absolute atomic E-state index is 11.9. The zero-order chi connectivity index (χ0) is 17.5. The Kier molecular flexibility index (Phi) is 6.24. The highest BCUT2D eigenvalue weighted by Crippen LogP contribution is 2.23. The topological polar surface area (TPSA) is 64.3 Å². The number of amides is 1. The minimum absolute atomic E-state index is 0.00692. The second-order valence-corrected chi connectivity index (χ2v) is 6.14. The van der Waals surface area contributed by atoms with Gasteiger partial charge in [-0.25, -0.2) is 0 Å². The summed E-state index contributed by atoms with van der Waals surface area (Å²) < 4.78 is 5.77. The van der Waals surface area contributed by atoms with Gasteiger partial charge in [-0.3, -0.25) is 4.79 Å². The molecule has 0 aliphatic heterocycles. The number of nitrogens with two attached hydrogens (primary N) is 1. The maximum atomic E-state index is 11.9. The first-order chi connectivity index (χ1) is 11.5. The first-order valence-electron chi connectivity index (χ1n) is 8.27. The number of hydrogen-bond acceptors (Lipinski definition) is 3. The van der Waals surface area contributed by atoms with Gasteiger partial charge in [0.2, 0.25) is 5.91 Å². The summed E-state index contributed by atoms with van der Waals surface area (Å²) in [6.07, 6.45) is 1.15. The fourth-order valence-electron chi connectivity index (χ4n) is 2.52. The molecule has 0 fully saturated rings. The minimum atomic E-state index is 0.00692. The Morgan fingerprint density at radius 1 is 1.12 bits per heavy atom. The lowest BCUT2D eigenvalue weighted by Crippen LogP contribution is -2.27. The van der Waals surface area contributed by atoms with E-state index in [1.807, 2.05) is 44.2 Å². The van der Waals surface area contributed by atoms with Gasteiger partial charge in [-0.15, -0.1) is 0 Å². The number of hydrogen-bond donors (Lipinski definition) is 2. The standard InChI is InChI=1S/C20H26N2O2/c1-14-12-15(2)16(3)19(13-14)24-11-9-20(23)22-10-8-17-4-6-18(21)7-5-17/h4-7,12-13H,8-11,21H2,1-3H3,(H,22,23). The lowest BCUT2D eigenvalue weighted by Gasteiger charge is -2.12. The minimum Gasteiger partial charge on any atom is -0.493 e. The number of carbonyl (C=O) groups is 1. The van der Waals surface area contributed by atoms with E-state index in [1.54, 1.807) is 0 Å². The van der Waals surface area contributed by atoms with Gasteiger partial charge in [0.1, 0.15) is 5.75 Å². The van der Waals surface area contributed by atoms with Gasteiger partial charge in [0.05, 0.1) is 13.0 Å². The number of ether oxygens (including phenoxy) is 1. The molecule has 1 amide bonds. The van der Waals surface area contributed by atoms with Crippen LogP contribution in [0.2, 0.25) is 0 Å². The average Bonchev–Trinajstić information content (AvgIpc) is 2.54. The molecule has 0 saturated carbocycles. The van der Waals surface area contributed by atoms with E-state index in [-0.39, 0.29) is 5.91 Å². The fourth-order valence-corrected chi connectivity index (χ4v) is 2.52. The quantitative estimate of drug-likeness (QED) is 0.767. The predicted octanol–water partition coefficient (Wildman–Crippen LogP) is 3.32. The molecular formula is C20H26N2O2. The second kappa shape index (κ2) is 8.39. The smallest absolute Gasteiger partial charge is 0.223 e. The summed E-state index contributed by atoms with van der Waals surface area (Å²) in [5.74, 6) is 0.870. The Hall–Kier alpha value is -2.49. The third-order valence-corrected chi connectivity index (χ3v) is 4.07. The molecule has 0 saturated heterocycles. The Bertz CT molecular complexity index is 694. The average molecular weight is 326 g/mol. The van der Waals surface area contributed by atoms with Crippen LogP contribution in [0.25, 0.3) is 0 Å². The molecule has 0 aromatic heterocycles. The number of nitrogen functional groups attached to an aromatic ring is 1. The SMILES string of the molecule is Cc1cc(C)c(C)c(OCCC(=O)NCCc2ccc(N)cc2)c1. The highest BCUT2D eigenvalue weighted by molar-refractivity contribution is 5.76. The van der Waals surface area contributed by atoms with Crippen molar-refractivity contribution in [1.82, 2.24) is 5.32 Å². The zero-order valence-electron chi connectivity index (χ0n) is 14.7.